The highest BCUT2D eigenvalue weighted by Gasteiger charge is 2.42. The lowest BCUT2D eigenvalue weighted by Crippen LogP contribution is -2.23. The highest BCUT2D eigenvalue weighted by atomic mass is 16.5. The summed E-state index contributed by atoms with van der Waals surface area (Å²) in [7, 11) is 1.45. The van der Waals surface area contributed by atoms with Gasteiger partial charge in [0.1, 0.15) is 5.75 Å². The van der Waals surface area contributed by atoms with Crippen LogP contribution in [-0.4, -0.2) is 18.2 Å². The predicted octanol–water partition coefficient (Wildman–Crippen LogP) is 3.36. The zero-order valence-corrected chi connectivity index (χ0v) is 12.1. The number of ether oxygens (including phenoxy) is 1. The van der Waals surface area contributed by atoms with Gasteiger partial charge in [-0.25, -0.2) is 0 Å². The second-order valence-corrected chi connectivity index (χ2v) is 6.00. The van der Waals surface area contributed by atoms with E-state index in [-0.39, 0.29) is 23.2 Å². The number of hydrogen-bond donors (Lipinski definition) is 1. The van der Waals surface area contributed by atoms with E-state index in [1.165, 1.54) is 12.7 Å². The molecule has 0 saturated heterocycles. The Kier molecular flexibility index (Phi) is 3.57. The van der Waals surface area contributed by atoms with Crippen molar-refractivity contribution in [3.05, 3.63) is 29.3 Å². The van der Waals surface area contributed by atoms with Crippen molar-refractivity contribution in [1.29, 1.82) is 0 Å². The van der Waals surface area contributed by atoms with E-state index in [9.17, 15) is 9.90 Å². The Morgan fingerprint density at radius 2 is 2.21 bits per heavy atom. The molecule has 2 atom stereocenters. The largest absolute Gasteiger partial charge is 0.508 e. The molecule has 0 aromatic heterocycles. The number of phenolic OH excluding ortho intramolecular Hbond substituents is 1. The third kappa shape index (κ3) is 2.34. The summed E-state index contributed by atoms with van der Waals surface area (Å²) in [6.07, 6.45) is 1.69. The molecule has 0 bridgehead atoms. The molecule has 1 aromatic rings. The third-order valence-corrected chi connectivity index (χ3v) is 4.33. The van der Waals surface area contributed by atoms with E-state index in [0.717, 1.165) is 18.4 Å². The molecule has 0 spiro atoms. The number of rotatable bonds is 3. The van der Waals surface area contributed by atoms with Crippen LogP contribution in [0.3, 0.4) is 0 Å². The Balaban J connectivity index is 2.44. The minimum atomic E-state index is -0.135. The lowest BCUT2D eigenvalue weighted by atomic mass is 9.82. The third-order valence-electron chi connectivity index (χ3n) is 4.33. The van der Waals surface area contributed by atoms with Crippen molar-refractivity contribution < 1.29 is 14.6 Å². The van der Waals surface area contributed by atoms with Crippen molar-refractivity contribution in [2.75, 3.05) is 7.11 Å². The first-order chi connectivity index (χ1) is 8.90. The van der Waals surface area contributed by atoms with Crippen LogP contribution in [0.5, 0.6) is 5.75 Å². The maximum Gasteiger partial charge on any atom is 0.309 e. The molecule has 0 heterocycles. The first-order valence-electron chi connectivity index (χ1n) is 6.82. The predicted molar refractivity (Wildman–Crippen MR) is 74.3 cm³/mol. The van der Waals surface area contributed by atoms with E-state index in [4.69, 9.17) is 4.74 Å². The number of esters is 1. The maximum atomic E-state index is 11.9. The van der Waals surface area contributed by atoms with E-state index in [2.05, 4.69) is 13.8 Å². The molecular weight excluding hydrogens is 240 g/mol. The van der Waals surface area contributed by atoms with E-state index < -0.39 is 0 Å². The summed E-state index contributed by atoms with van der Waals surface area (Å²) in [4.78, 5) is 11.9. The Bertz CT molecular complexity index is 491. The molecule has 0 radical (unpaired) electrons. The van der Waals surface area contributed by atoms with Crippen LogP contribution in [0, 0.1) is 5.92 Å². The van der Waals surface area contributed by atoms with Gasteiger partial charge >= 0.3 is 5.97 Å². The van der Waals surface area contributed by atoms with E-state index in [0.29, 0.717) is 5.75 Å². The number of hydrogen-bond acceptors (Lipinski definition) is 3. The second-order valence-electron chi connectivity index (χ2n) is 6.00. The van der Waals surface area contributed by atoms with E-state index in [1.54, 1.807) is 6.07 Å². The fourth-order valence-electron chi connectivity index (χ4n) is 3.35. The molecule has 0 amide bonds. The molecule has 0 fully saturated rings. The quantitative estimate of drug-likeness (QED) is 0.850. The Morgan fingerprint density at radius 1 is 1.53 bits per heavy atom. The van der Waals surface area contributed by atoms with Gasteiger partial charge in [0.15, 0.2) is 0 Å². The average Bonchev–Trinajstić information content (AvgIpc) is 2.62. The topological polar surface area (TPSA) is 46.5 Å². The summed E-state index contributed by atoms with van der Waals surface area (Å²) < 4.78 is 4.93. The standard InChI is InChI=1S/C16H22O3/c1-5-11(15(18)19-4)13-9-16(2,3)14-8-10(17)6-7-12(13)14/h6-8,11,13,17H,5,9H2,1-4H3/t11-,13-/m0/s1. The van der Waals surface area contributed by atoms with Crippen LogP contribution in [0.4, 0.5) is 0 Å². The van der Waals surface area contributed by atoms with Crippen LogP contribution in [0.25, 0.3) is 0 Å². The SMILES string of the molecule is CC[C@H](C(=O)OC)[C@@H]1CC(C)(C)c2cc(O)ccc21. The summed E-state index contributed by atoms with van der Waals surface area (Å²) >= 11 is 0. The minimum Gasteiger partial charge on any atom is -0.508 e. The van der Waals surface area contributed by atoms with Gasteiger partial charge in [-0.05, 0) is 47.4 Å². The lowest BCUT2D eigenvalue weighted by molar-refractivity contribution is -0.146. The van der Waals surface area contributed by atoms with Gasteiger partial charge in [0, 0.05) is 0 Å². The molecule has 3 nitrogen and oxygen atoms in total. The molecule has 2 rings (SSSR count). The Labute approximate surface area is 114 Å². The zero-order valence-electron chi connectivity index (χ0n) is 12.1. The molecule has 1 aromatic carbocycles. The molecule has 1 N–H and O–H groups in total. The van der Waals surface area contributed by atoms with Gasteiger partial charge in [0.25, 0.3) is 0 Å². The number of carbonyl (C=O) groups is 1. The van der Waals surface area contributed by atoms with Crippen molar-refractivity contribution in [2.45, 2.75) is 44.9 Å². The van der Waals surface area contributed by atoms with Crippen LogP contribution in [0.2, 0.25) is 0 Å². The smallest absolute Gasteiger partial charge is 0.309 e. The Hall–Kier alpha value is -1.51. The average molecular weight is 262 g/mol. The number of carbonyl (C=O) groups excluding carboxylic acids is 1. The first-order valence-corrected chi connectivity index (χ1v) is 6.82. The number of fused-ring (bicyclic) bond motifs is 1. The summed E-state index contributed by atoms with van der Waals surface area (Å²) in [5.41, 5.74) is 2.32. The highest BCUT2D eigenvalue weighted by Crippen LogP contribution is 2.50. The molecular formula is C16H22O3. The summed E-state index contributed by atoms with van der Waals surface area (Å²) in [6, 6.07) is 5.49. The molecule has 1 aliphatic rings. The number of benzene rings is 1. The monoisotopic (exact) mass is 262 g/mol. The lowest BCUT2D eigenvalue weighted by Gasteiger charge is -2.23. The number of aromatic hydroxyl groups is 1. The van der Waals surface area contributed by atoms with Gasteiger partial charge < -0.3 is 9.84 Å². The minimum absolute atomic E-state index is 0.0137. The normalized spacial score (nSPS) is 21.8. The second kappa shape index (κ2) is 4.87. The van der Waals surface area contributed by atoms with Crippen LogP contribution >= 0.6 is 0 Å². The van der Waals surface area contributed by atoms with E-state index >= 15 is 0 Å². The van der Waals surface area contributed by atoms with Gasteiger partial charge in [0.05, 0.1) is 13.0 Å². The van der Waals surface area contributed by atoms with Gasteiger partial charge in [0.2, 0.25) is 0 Å². The number of methoxy groups -OCH3 is 1. The van der Waals surface area contributed by atoms with Gasteiger partial charge in [-0.2, -0.15) is 0 Å². The van der Waals surface area contributed by atoms with E-state index in [1.807, 2.05) is 19.1 Å². The molecule has 104 valence electrons. The molecule has 3 heteroatoms. The van der Waals surface area contributed by atoms with Crippen molar-refractivity contribution in [3.63, 3.8) is 0 Å². The van der Waals surface area contributed by atoms with Crippen molar-refractivity contribution in [1.82, 2.24) is 0 Å². The summed E-state index contributed by atoms with van der Waals surface area (Å²) in [5.74, 6) is 0.237. The van der Waals surface area contributed by atoms with Crippen molar-refractivity contribution in [2.24, 2.45) is 5.92 Å². The van der Waals surface area contributed by atoms with Crippen LogP contribution < -0.4 is 0 Å². The summed E-state index contributed by atoms with van der Waals surface area (Å²) in [6.45, 7) is 6.34. The molecule has 1 aliphatic carbocycles. The van der Waals surface area contributed by atoms with Gasteiger partial charge in [-0.15, -0.1) is 0 Å². The Morgan fingerprint density at radius 3 is 2.79 bits per heavy atom. The zero-order chi connectivity index (χ0) is 14.2. The van der Waals surface area contributed by atoms with Crippen LogP contribution in [-0.2, 0) is 14.9 Å². The van der Waals surface area contributed by atoms with Crippen molar-refractivity contribution >= 4 is 5.97 Å². The van der Waals surface area contributed by atoms with Crippen LogP contribution in [0.1, 0.15) is 50.7 Å². The molecule has 0 saturated carbocycles. The first kappa shape index (κ1) is 13.9. The summed E-state index contributed by atoms with van der Waals surface area (Å²) in [5, 5.41) is 9.67. The molecule has 0 aliphatic heterocycles. The highest BCUT2D eigenvalue weighted by molar-refractivity contribution is 5.74. The molecule has 0 unspecified atom stereocenters. The van der Waals surface area contributed by atoms with Gasteiger partial charge in [-0.3, -0.25) is 4.79 Å². The number of phenols is 1. The molecule has 19 heavy (non-hydrogen) atoms. The van der Waals surface area contributed by atoms with Crippen molar-refractivity contribution in [3.8, 4) is 5.75 Å². The van der Waals surface area contributed by atoms with Crippen LogP contribution in [0.15, 0.2) is 18.2 Å². The van der Waals surface area contributed by atoms with Gasteiger partial charge in [-0.1, -0.05) is 26.8 Å². The fourth-order valence-corrected chi connectivity index (χ4v) is 3.35. The fraction of sp³-hybridized carbons (Fsp3) is 0.562. The maximum absolute atomic E-state index is 11.9.